The molecule has 9 nitrogen and oxygen atoms in total. The zero-order valence-corrected chi connectivity index (χ0v) is 21.5. The smallest absolute Gasteiger partial charge is 0.330 e. The molecule has 0 spiro atoms. The van der Waals surface area contributed by atoms with E-state index >= 15 is 0 Å². The SMILES string of the molecule is CC(C)CN(C(=O)CSc1nc2ccccc2n1C(C)C)c1c(N)n(CC(C)C)c(=O)[nH]c1=O. The summed E-state index contributed by atoms with van der Waals surface area (Å²) in [6.45, 7) is 12.6. The van der Waals surface area contributed by atoms with E-state index in [0.29, 0.717) is 13.1 Å². The summed E-state index contributed by atoms with van der Waals surface area (Å²) in [5, 5.41) is 0.737. The maximum atomic E-state index is 13.4. The molecule has 1 amide bonds. The fourth-order valence-corrected chi connectivity index (χ4v) is 4.91. The zero-order valence-electron chi connectivity index (χ0n) is 20.7. The highest BCUT2D eigenvalue weighted by atomic mass is 32.2. The van der Waals surface area contributed by atoms with Crippen LogP contribution in [0.2, 0.25) is 0 Å². The molecule has 0 saturated carbocycles. The van der Waals surface area contributed by atoms with Gasteiger partial charge in [-0.2, -0.15) is 0 Å². The molecule has 2 heterocycles. The number of nitrogens with one attached hydrogen (secondary N) is 1. The number of amides is 1. The van der Waals surface area contributed by atoms with Crippen molar-refractivity contribution < 1.29 is 4.79 Å². The third-order valence-corrected chi connectivity index (χ3v) is 6.22. The molecule has 3 N–H and O–H groups in total. The lowest BCUT2D eigenvalue weighted by atomic mass is 10.2. The van der Waals surface area contributed by atoms with E-state index in [4.69, 9.17) is 10.7 Å². The first kappa shape index (κ1) is 25.6. The number of anilines is 2. The van der Waals surface area contributed by atoms with Gasteiger partial charge in [0.1, 0.15) is 5.82 Å². The molecule has 0 aliphatic carbocycles. The van der Waals surface area contributed by atoms with Crippen LogP contribution in [0.25, 0.3) is 11.0 Å². The number of rotatable bonds is 9. The van der Waals surface area contributed by atoms with Crippen LogP contribution in [0.3, 0.4) is 0 Å². The Bertz CT molecular complexity index is 1290. The van der Waals surface area contributed by atoms with Gasteiger partial charge < -0.3 is 15.2 Å². The van der Waals surface area contributed by atoms with Crippen LogP contribution >= 0.6 is 11.8 Å². The fourth-order valence-electron chi connectivity index (χ4n) is 3.90. The number of carbonyl (C=O) groups is 1. The molecule has 0 fully saturated rings. The minimum atomic E-state index is -0.657. The quantitative estimate of drug-likeness (QED) is 0.447. The normalized spacial score (nSPS) is 11.8. The Morgan fingerprint density at radius 1 is 1.12 bits per heavy atom. The number of aromatic amines is 1. The molecule has 0 aliphatic rings. The summed E-state index contributed by atoms with van der Waals surface area (Å²) < 4.78 is 3.43. The molecule has 0 saturated heterocycles. The number of nitrogens with zero attached hydrogens (tertiary/aromatic N) is 4. The topological polar surface area (TPSA) is 119 Å². The van der Waals surface area contributed by atoms with Crippen molar-refractivity contribution in [1.29, 1.82) is 0 Å². The number of imidazole rings is 1. The summed E-state index contributed by atoms with van der Waals surface area (Å²) >= 11 is 1.33. The van der Waals surface area contributed by atoms with Gasteiger partial charge in [0.2, 0.25) is 5.91 Å². The van der Waals surface area contributed by atoms with Crippen LogP contribution in [0.4, 0.5) is 11.5 Å². The van der Waals surface area contributed by atoms with E-state index in [1.807, 2.05) is 52.0 Å². The number of H-pyrrole nitrogens is 1. The standard InChI is InChI=1S/C24H34N6O3S/c1-14(2)11-28(20-21(25)29(12-15(3)4)23(33)27-22(20)32)19(31)13-34-24-26-17-9-7-8-10-18(17)30(24)16(5)6/h7-10,14-16H,11-13,25H2,1-6H3,(H,27,32,33). The number of hydrogen-bond donors (Lipinski definition) is 2. The number of benzene rings is 1. The van der Waals surface area contributed by atoms with Gasteiger partial charge in [-0.25, -0.2) is 9.78 Å². The van der Waals surface area contributed by atoms with Gasteiger partial charge in [0.15, 0.2) is 10.8 Å². The van der Waals surface area contributed by atoms with E-state index in [9.17, 15) is 14.4 Å². The molecule has 10 heteroatoms. The second-order valence-corrected chi connectivity index (χ2v) is 10.5. The summed E-state index contributed by atoms with van der Waals surface area (Å²) in [6.07, 6.45) is 0. The summed E-state index contributed by atoms with van der Waals surface area (Å²) in [5.41, 5.74) is 6.97. The lowest BCUT2D eigenvalue weighted by molar-refractivity contribution is -0.116. The van der Waals surface area contributed by atoms with Gasteiger partial charge >= 0.3 is 5.69 Å². The highest BCUT2D eigenvalue weighted by molar-refractivity contribution is 7.99. The van der Waals surface area contributed by atoms with Crippen LogP contribution in [-0.4, -0.2) is 37.3 Å². The molecule has 3 aromatic rings. The number of nitrogens with two attached hydrogens (primary N) is 1. The predicted molar refractivity (Wildman–Crippen MR) is 139 cm³/mol. The maximum Gasteiger partial charge on any atom is 0.330 e. The Morgan fingerprint density at radius 3 is 2.41 bits per heavy atom. The number of thioether (sulfide) groups is 1. The first-order valence-corrected chi connectivity index (χ1v) is 12.5. The molecule has 0 aliphatic heterocycles. The highest BCUT2D eigenvalue weighted by Gasteiger charge is 2.26. The van der Waals surface area contributed by atoms with E-state index in [-0.39, 0.29) is 41.0 Å². The number of carbonyl (C=O) groups excluding carboxylic acids is 1. The van der Waals surface area contributed by atoms with Crippen molar-refractivity contribution in [3.8, 4) is 0 Å². The summed E-state index contributed by atoms with van der Waals surface area (Å²) in [5.74, 6) is 0.0280. The van der Waals surface area contributed by atoms with Crippen molar-refractivity contribution in [2.24, 2.45) is 11.8 Å². The maximum absolute atomic E-state index is 13.4. The average molecular weight is 487 g/mol. The van der Waals surface area contributed by atoms with Crippen molar-refractivity contribution in [3.63, 3.8) is 0 Å². The van der Waals surface area contributed by atoms with Crippen molar-refractivity contribution in [1.82, 2.24) is 19.1 Å². The molecule has 1 aromatic carbocycles. The van der Waals surface area contributed by atoms with Crippen LogP contribution in [0.15, 0.2) is 39.0 Å². The van der Waals surface area contributed by atoms with Gasteiger partial charge in [0, 0.05) is 19.1 Å². The molecule has 0 unspecified atom stereocenters. The molecule has 3 rings (SSSR count). The van der Waals surface area contributed by atoms with Gasteiger partial charge in [0.05, 0.1) is 16.8 Å². The van der Waals surface area contributed by atoms with Gasteiger partial charge in [-0.1, -0.05) is 51.6 Å². The minimum Gasteiger partial charge on any atom is -0.383 e. The van der Waals surface area contributed by atoms with Crippen molar-refractivity contribution in [2.75, 3.05) is 22.9 Å². The molecule has 34 heavy (non-hydrogen) atoms. The Labute approximate surface area is 203 Å². The summed E-state index contributed by atoms with van der Waals surface area (Å²) in [7, 11) is 0. The number of aromatic nitrogens is 4. The van der Waals surface area contributed by atoms with Crippen molar-refractivity contribution >= 4 is 40.2 Å². The first-order chi connectivity index (χ1) is 16.0. The number of nitrogen functional groups attached to an aromatic ring is 1. The van der Waals surface area contributed by atoms with Gasteiger partial charge in [-0.15, -0.1) is 0 Å². The highest BCUT2D eigenvalue weighted by Crippen LogP contribution is 2.29. The Balaban J connectivity index is 1.97. The van der Waals surface area contributed by atoms with E-state index in [1.165, 1.54) is 21.2 Å². The number of fused-ring (bicyclic) bond motifs is 1. The van der Waals surface area contributed by atoms with E-state index in [0.717, 1.165) is 16.2 Å². The molecule has 0 radical (unpaired) electrons. The molecular weight excluding hydrogens is 452 g/mol. The summed E-state index contributed by atoms with van der Waals surface area (Å²) in [4.78, 5) is 47.1. The van der Waals surface area contributed by atoms with Gasteiger partial charge in [0.25, 0.3) is 5.56 Å². The first-order valence-electron chi connectivity index (χ1n) is 11.5. The van der Waals surface area contributed by atoms with E-state index < -0.39 is 11.2 Å². The van der Waals surface area contributed by atoms with Crippen LogP contribution in [-0.2, 0) is 11.3 Å². The van der Waals surface area contributed by atoms with Crippen LogP contribution in [0, 0.1) is 11.8 Å². The number of para-hydroxylation sites is 2. The second-order valence-electron chi connectivity index (χ2n) is 9.53. The Kier molecular flexibility index (Phi) is 7.91. The third kappa shape index (κ3) is 5.38. The van der Waals surface area contributed by atoms with E-state index in [1.54, 1.807) is 0 Å². The fraction of sp³-hybridized carbons (Fsp3) is 0.500. The summed E-state index contributed by atoms with van der Waals surface area (Å²) in [6, 6.07) is 8.02. The van der Waals surface area contributed by atoms with Crippen LogP contribution < -0.4 is 21.9 Å². The van der Waals surface area contributed by atoms with Crippen LogP contribution in [0.5, 0.6) is 0 Å². The molecule has 2 aromatic heterocycles. The molecule has 0 atom stereocenters. The molecule has 184 valence electrons. The predicted octanol–water partition coefficient (Wildman–Crippen LogP) is 3.49. The van der Waals surface area contributed by atoms with Gasteiger partial charge in [-0.3, -0.25) is 19.1 Å². The largest absolute Gasteiger partial charge is 0.383 e. The zero-order chi connectivity index (χ0) is 25.2. The third-order valence-electron chi connectivity index (χ3n) is 5.29. The molecular formula is C24H34N6O3S. The monoisotopic (exact) mass is 486 g/mol. The Hall–Kier alpha value is -3.01. The van der Waals surface area contributed by atoms with Crippen molar-refractivity contribution in [2.45, 2.75) is 59.3 Å². The lowest BCUT2D eigenvalue weighted by Gasteiger charge is -2.26. The van der Waals surface area contributed by atoms with Gasteiger partial charge in [-0.05, 0) is 37.8 Å². The minimum absolute atomic E-state index is 0.0101. The van der Waals surface area contributed by atoms with Crippen LogP contribution in [0.1, 0.15) is 47.6 Å². The lowest BCUT2D eigenvalue weighted by Crippen LogP contribution is -2.43. The number of hydrogen-bond acceptors (Lipinski definition) is 6. The average Bonchev–Trinajstić information content (AvgIpc) is 3.12. The molecule has 0 bridgehead atoms. The second kappa shape index (κ2) is 10.5. The Morgan fingerprint density at radius 2 is 1.79 bits per heavy atom. The van der Waals surface area contributed by atoms with E-state index in [2.05, 4.69) is 23.4 Å². The van der Waals surface area contributed by atoms with Crippen molar-refractivity contribution in [3.05, 3.63) is 45.1 Å².